The molecule has 0 saturated heterocycles. The number of carbonyl (C=O) groups excluding carboxylic acids is 2. The molecule has 7 nitrogen and oxygen atoms in total. The minimum Gasteiger partial charge on any atom is -0.504 e. The van der Waals surface area contributed by atoms with Gasteiger partial charge in [-0.2, -0.15) is 9.36 Å². The normalized spacial score (nSPS) is 10.9. The Kier molecular flexibility index (Phi) is 5.21. The summed E-state index contributed by atoms with van der Waals surface area (Å²) in [5.74, 6) is -0.640. The number of benzene rings is 1. The molecule has 0 atom stereocenters. The lowest BCUT2D eigenvalue weighted by atomic mass is 10.1. The van der Waals surface area contributed by atoms with Crippen molar-refractivity contribution in [3.05, 3.63) is 42.4 Å². The van der Waals surface area contributed by atoms with Crippen LogP contribution >= 0.6 is 11.5 Å². The summed E-state index contributed by atoms with van der Waals surface area (Å²) in [6.07, 6.45) is 2.62. The van der Waals surface area contributed by atoms with E-state index in [9.17, 15) is 9.59 Å². The number of aromatic nitrogens is 2. The number of nitrogens with one attached hydrogen (secondary N) is 1. The highest BCUT2D eigenvalue weighted by atomic mass is 32.1. The Labute approximate surface area is 130 Å². The Morgan fingerprint density at radius 1 is 1.32 bits per heavy atom. The molecule has 0 aliphatic heterocycles. The van der Waals surface area contributed by atoms with Crippen molar-refractivity contribution in [1.82, 2.24) is 14.7 Å². The van der Waals surface area contributed by atoms with Gasteiger partial charge in [0.1, 0.15) is 12.1 Å². The van der Waals surface area contributed by atoms with Crippen LogP contribution in [-0.4, -0.2) is 28.3 Å². The first-order valence-electron chi connectivity index (χ1n) is 6.20. The van der Waals surface area contributed by atoms with Crippen molar-refractivity contribution in [2.24, 2.45) is 0 Å². The number of hydrogen-bond acceptors (Lipinski definition) is 7. The van der Waals surface area contributed by atoms with Crippen molar-refractivity contribution in [3.63, 3.8) is 0 Å². The Hall–Kier alpha value is -2.74. The maximum atomic E-state index is 12.1. The van der Waals surface area contributed by atoms with E-state index in [4.69, 9.17) is 9.47 Å². The molecule has 8 heteroatoms. The van der Waals surface area contributed by atoms with Crippen LogP contribution in [0.3, 0.4) is 0 Å². The minimum atomic E-state index is -0.581. The fourth-order valence-electron chi connectivity index (χ4n) is 1.66. The summed E-state index contributed by atoms with van der Waals surface area (Å²) in [6.45, 7) is 1.26. The third kappa shape index (κ3) is 3.89. The van der Waals surface area contributed by atoms with Crippen LogP contribution in [0.4, 0.5) is 0 Å². The molecule has 0 unspecified atom stereocenters. The minimum absolute atomic E-state index is 0.165. The summed E-state index contributed by atoms with van der Waals surface area (Å²) in [6, 6.07) is 6.86. The second-order valence-electron chi connectivity index (χ2n) is 4.08. The molecular formula is C14H13N3O4S. The van der Waals surface area contributed by atoms with Gasteiger partial charge >= 0.3 is 0 Å². The summed E-state index contributed by atoms with van der Waals surface area (Å²) in [5, 5.41) is 2.55. The van der Waals surface area contributed by atoms with E-state index in [0.717, 1.165) is 11.5 Å². The van der Waals surface area contributed by atoms with E-state index in [-0.39, 0.29) is 5.57 Å². The highest BCUT2D eigenvalue weighted by Gasteiger charge is 2.18. The molecule has 0 aliphatic carbocycles. The fraction of sp³-hybridized carbons (Fsp3) is 0.143. The van der Waals surface area contributed by atoms with Crippen molar-refractivity contribution in [1.29, 1.82) is 0 Å². The second-order valence-corrected chi connectivity index (χ2v) is 4.83. The van der Waals surface area contributed by atoms with Crippen LogP contribution in [0.1, 0.15) is 12.5 Å². The maximum Gasteiger partial charge on any atom is 0.298 e. The molecule has 0 spiro atoms. The number of ether oxygens (including phenoxy) is 2. The maximum absolute atomic E-state index is 12.1. The fourth-order valence-corrected chi connectivity index (χ4v) is 2.07. The molecule has 114 valence electrons. The first-order valence-corrected chi connectivity index (χ1v) is 6.98. The number of hydrogen-bond donors (Lipinski definition) is 1. The van der Waals surface area contributed by atoms with Crippen molar-refractivity contribution in [2.45, 2.75) is 6.92 Å². The molecular weight excluding hydrogens is 306 g/mol. The van der Waals surface area contributed by atoms with Gasteiger partial charge in [-0.25, -0.2) is 0 Å². The lowest BCUT2D eigenvalue weighted by Gasteiger charge is -2.11. The summed E-state index contributed by atoms with van der Waals surface area (Å²) in [4.78, 5) is 27.2. The van der Waals surface area contributed by atoms with Gasteiger partial charge in [0.25, 0.3) is 11.1 Å². The smallest absolute Gasteiger partial charge is 0.298 e. The van der Waals surface area contributed by atoms with E-state index < -0.39 is 11.8 Å². The zero-order valence-electron chi connectivity index (χ0n) is 11.9. The number of nitrogens with zero attached hydrogens (tertiary/aromatic N) is 2. The molecule has 2 aromatic rings. The van der Waals surface area contributed by atoms with E-state index in [2.05, 4.69) is 14.7 Å². The largest absolute Gasteiger partial charge is 0.504 e. The second kappa shape index (κ2) is 7.32. The predicted molar refractivity (Wildman–Crippen MR) is 80.2 cm³/mol. The number of rotatable bonds is 5. The average molecular weight is 319 g/mol. The molecule has 0 bridgehead atoms. The first-order chi connectivity index (χ1) is 10.6. The third-order valence-electron chi connectivity index (χ3n) is 2.49. The zero-order chi connectivity index (χ0) is 15.9. The molecule has 2 amide bonds. The summed E-state index contributed by atoms with van der Waals surface area (Å²) >= 11 is 1.08. The van der Waals surface area contributed by atoms with Gasteiger partial charge in [-0.15, -0.1) is 0 Å². The quantitative estimate of drug-likeness (QED) is 0.669. The molecule has 1 heterocycles. The van der Waals surface area contributed by atoms with Gasteiger partial charge in [0.15, 0.2) is 0 Å². The third-order valence-corrected chi connectivity index (χ3v) is 3.03. The summed E-state index contributed by atoms with van der Waals surface area (Å²) < 4.78 is 14.4. The highest BCUT2D eigenvalue weighted by Crippen LogP contribution is 2.30. The average Bonchev–Trinajstić information content (AvgIpc) is 2.98. The first kappa shape index (κ1) is 15.6. The standard InChI is InChI=1S/C14H13N3O4S/c1-9(18)17-13(19)11(7-20-2)10-5-3-4-6-12(10)21-14-15-8-16-22-14/h3-8H,1-2H3,(H,17,18,19)/b11-7+. The van der Waals surface area contributed by atoms with Gasteiger partial charge in [-0.3, -0.25) is 14.9 Å². The van der Waals surface area contributed by atoms with E-state index >= 15 is 0 Å². The molecule has 1 aromatic carbocycles. The molecule has 1 N–H and O–H groups in total. The molecule has 22 heavy (non-hydrogen) atoms. The number of amides is 2. The van der Waals surface area contributed by atoms with Crippen LogP contribution < -0.4 is 10.1 Å². The number of para-hydroxylation sites is 1. The lowest BCUT2D eigenvalue weighted by Crippen LogP contribution is -2.29. The number of methoxy groups -OCH3 is 1. The number of carbonyl (C=O) groups is 2. The Bertz CT molecular complexity index is 698. The van der Waals surface area contributed by atoms with Gasteiger partial charge in [0.05, 0.1) is 18.9 Å². The van der Waals surface area contributed by atoms with Crippen molar-refractivity contribution in [3.8, 4) is 10.9 Å². The van der Waals surface area contributed by atoms with Gasteiger partial charge in [0.2, 0.25) is 5.91 Å². The molecule has 0 saturated carbocycles. The summed E-state index contributed by atoms with van der Waals surface area (Å²) in [5.41, 5.74) is 0.635. The SMILES string of the molecule is CO/C=C(/C(=O)NC(C)=O)c1ccccc1Oc1ncns1. The van der Waals surface area contributed by atoms with Crippen LogP contribution in [0.25, 0.3) is 5.57 Å². The van der Waals surface area contributed by atoms with Crippen molar-refractivity contribution in [2.75, 3.05) is 7.11 Å². The molecule has 0 fully saturated rings. The Balaban J connectivity index is 2.37. The molecule has 2 rings (SSSR count). The van der Waals surface area contributed by atoms with E-state index in [1.54, 1.807) is 24.3 Å². The molecule has 1 aromatic heterocycles. The van der Waals surface area contributed by atoms with Crippen LogP contribution in [0.5, 0.6) is 10.9 Å². The van der Waals surface area contributed by atoms with Crippen LogP contribution in [-0.2, 0) is 14.3 Å². The topological polar surface area (TPSA) is 90.4 Å². The van der Waals surface area contributed by atoms with Crippen molar-refractivity contribution >= 4 is 28.9 Å². The van der Waals surface area contributed by atoms with E-state index in [0.29, 0.717) is 16.5 Å². The molecule has 0 aliphatic rings. The monoisotopic (exact) mass is 319 g/mol. The Morgan fingerprint density at radius 3 is 2.73 bits per heavy atom. The van der Waals surface area contributed by atoms with Crippen LogP contribution in [0.15, 0.2) is 36.9 Å². The highest BCUT2D eigenvalue weighted by molar-refractivity contribution is 7.07. The number of imide groups is 1. The van der Waals surface area contributed by atoms with Crippen molar-refractivity contribution < 1.29 is 19.1 Å². The zero-order valence-corrected chi connectivity index (χ0v) is 12.7. The van der Waals surface area contributed by atoms with Crippen LogP contribution in [0.2, 0.25) is 0 Å². The predicted octanol–water partition coefficient (Wildman–Crippen LogP) is 1.98. The van der Waals surface area contributed by atoms with Gasteiger partial charge in [-0.05, 0) is 6.07 Å². The van der Waals surface area contributed by atoms with E-state index in [1.807, 2.05) is 0 Å². The van der Waals surface area contributed by atoms with E-state index in [1.165, 1.54) is 26.6 Å². The van der Waals surface area contributed by atoms with Crippen LogP contribution in [0, 0.1) is 0 Å². The van der Waals surface area contributed by atoms with Gasteiger partial charge in [-0.1, -0.05) is 18.2 Å². The van der Waals surface area contributed by atoms with Gasteiger partial charge < -0.3 is 9.47 Å². The summed E-state index contributed by atoms with van der Waals surface area (Å²) in [7, 11) is 1.41. The van der Waals surface area contributed by atoms with Gasteiger partial charge in [0, 0.05) is 24.0 Å². The molecule has 0 radical (unpaired) electrons. The lowest BCUT2D eigenvalue weighted by molar-refractivity contribution is -0.126. The Morgan fingerprint density at radius 2 is 2.09 bits per heavy atom.